The van der Waals surface area contributed by atoms with Gasteiger partial charge < -0.3 is 20.3 Å². The molecule has 0 amide bonds. The summed E-state index contributed by atoms with van der Waals surface area (Å²) < 4.78 is 11.4. The average molecular weight is 334 g/mol. The summed E-state index contributed by atoms with van der Waals surface area (Å²) in [6.07, 6.45) is 2.73. The molecule has 1 aliphatic heterocycles. The summed E-state index contributed by atoms with van der Waals surface area (Å²) >= 11 is 0. The molecule has 5 nitrogen and oxygen atoms in total. The molecule has 24 heavy (non-hydrogen) atoms. The summed E-state index contributed by atoms with van der Waals surface area (Å²) in [4.78, 5) is 2.46. The van der Waals surface area contributed by atoms with E-state index in [1.807, 2.05) is 19.1 Å². The highest BCUT2D eigenvalue weighted by atomic mass is 16.5. The molecule has 0 bridgehead atoms. The first-order valence-electron chi connectivity index (χ1n) is 9.12. The number of benzene rings is 1. The van der Waals surface area contributed by atoms with Crippen LogP contribution in [0.3, 0.4) is 0 Å². The Morgan fingerprint density at radius 1 is 1.25 bits per heavy atom. The average Bonchev–Trinajstić information content (AvgIpc) is 2.61. The summed E-state index contributed by atoms with van der Waals surface area (Å²) in [6, 6.07) is 8.36. The summed E-state index contributed by atoms with van der Waals surface area (Å²) in [5.74, 6) is 0.927. The summed E-state index contributed by atoms with van der Waals surface area (Å²) in [5, 5.41) is 10.3. The van der Waals surface area contributed by atoms with Crippen molar-refractivity contribution in [3.8, 4) is 5.75 Å². The number of hydrogen-bond acceptors (Lipinski definition) is 5. The predicted octanol–water partition coefficient (Wildman–Crippen LogP) is 1.78. The zero-order chi connectivity index (χ0) is 17.0. The number of ether oxygens (including phenoxy) is 2. The standard InChI is InChI=1S/C19H30N2O3/c1-2-23-16-5-3-15(4-6-16)14-21-10-7-19(8-11-21)17(22)13-18(19)24-12-9-20/h3-6,17-18,22H,2,7-14,20H2,1H3. The SMILES string of the molecule is CCOc1ccc(CN2CCC3(CC2)C(O)CC3OCCN)cc1. The van der Waals surface area contributed by atoms with Gasteiger partial charge in [-0.15, -0.1) is 0 Å². The molecule has 0 radical (unpaired) electrons. The fourth-order valence-electron chi connectivity index (χ4n) is 4.07. The van der Waals surface area contributed by atoms with Crippen LogP contribution in [0.1, 0.15) is 31.7 Å². The minimum atomic E-state index is -0.215. The molecule has 0 aromatic heterocycles. The lowest BCUT2D eigenvalue weighted by atomic mass is 9.58. The van der Waals surface area contributed by atoms with Gasteiger partial charge >= 0.3 is 0 Å². The molecule has 1 heterocycles. The quantitative estimate of drug-likeness (QED) is 0.795. The van der Waals surface area contributed by atoms with Crippen LogP contribution in [-0.4, -0.2) is 55.1 Å². The van der Waals surface area contributed by atoms with Gasteiger partial charge in [0.05, 0.1) is 25.4 Å². The molecule has 2 atom stereocenters. The Hall–Kier alpha value is -1.14. The molecule has 2 fully saturated rings. The van der Waals surface area contributed by atoms with Crippen molar-refractivity contribution in [1.29, 1.82) is 0 Å². The Kier molecular flexibility index (Phi) is 5.76. The highest BCUT2D eigenvalue weighted by Crippen LogP contribution is 2.51. The summed E-state index contributed by atoms with van der Waals surface area (Å²) in [5.41, 5.74) is 6.81. The first-order chi connectivity index (χ1) is 11.7. The second kappa shape index (κ2) is 7.83. The van der Waals surface area contributed by atoms with Crippen molar-refractivity contribution in [1.82, 2.24) is 4.90 Å². The fourth-order valence-corrected chi connectivity index (χ4v) is 4.07. The van der Waals surface area contributed by atoms with Crippen LogP contribution >= 0.6 is 0 Å². The Balaban J connectivity index is 1.51. The van der Waals surface area contributed by atoms with E-state index in [4.69, 9.17) is 15.2 Å². The van der Waals surface area contributed by atoms with Crippen LogP contribution in [-0.2, 0) is 11.3 Å². The Bertz CT molecular complexity index is 512. The van der Waals surface area contributed by atoms with Gasteiger partial charge in [-0.25, -0.2) is 0 Å². The molecular weight excluding hydrogens is 304 g/mol. The largest absolute Gasteiger partial charge is 0.494 e. The second-order valence-electron chi connectivity index (χ2n) is 6.99. The van der Waals surface area contributed by atoms with Gasteiger partial charge in [0.15, 0.2) is 0 Å². The van der Waals surface area contributed by atoms with E-state index < -0.39 is 0 Å². The third kappa shape index (κ3) is 3.59. The van der Waals surface area contributed by atoms with Crippen LogP contribution in [0.5, 0.6) is 5.75 Å². The highest BCUT2D eigenvalue weighted by molar-refractivity contribution is 5.27. The molecule has 2 aliphatic rings. The molecule has 1 saturated carbocycles. The Labute approximate surface area is 144 Å². The summed E-state index contributed by atoms with van der Waals surface area (Å²) in [7, 11) is 0. The molecule has 3 N–H and O–H groups in total. The molecule has 1 aromatic rings. The van der Waals surface area contributed by atoms with Gasteiger partial charge in [0, 0.05) is 24.9 Å². The van der Waals surface area contributed by atoms with Crippen molar-refractivity contribution in [2.24, 2.45) is 11.1 Å². The molecule has 1 saturated heterocycles. The van der Waals surface area contributed by atoms with Crippen molar-refractivity contribution in [3.05, 3.63) is 29.8 Å². The van der Waals surface area contributed by atoms with E-state index in [1.165, 1.54) is 5.56 Å². The van der Waals surface area contributed by atoms with Crippen LogP contribution in [0.15, 0.2) is 24.3 Å². The molecule has 5 heteroatoms. The van der Waals surface area contributed by atoms with E-state index in [9.17, 15) is 5.11 Å². The van der Waals surface area contributed by atoms with Crippen LogP contribution in [0.2, 0.25) is 0 Å². The lowest BCUT2D eigenvalue weighted by Crippen LogP contribution is -2.62. The third-order valence-corrected chi connectivity index (χ3v) is 5.61. The van der Waals surface area contributed by atoms with E-state index in [2.05, 4.69) is 17.0 Å². The van der Waals surface area contributed by atoms with Gasteiger partial charge in [0.2, 0.25) is 0 Å². The lowest BCUT2D eigenvalue weighted by molar-refractivity contribution is -0.210. The van der Waals surface area contributed by atoms with Gasteiger partial charge in [-0.2, -0.15) is 0 Å². The molecule has 134 valence electrons. The number of likely N-dealkylation sites (tertiary alicyclic amines) is 1. The van der Waals surface area contributed by atoms with Gasteiger partial charge in [0.1, 0.15) is 5.75 Å². The van der Waals surface area contributed by atoms with E-state index >= 15 is 0 Å². The normalized spacial score (nSPS) is 26.3. The monoisotopic (exact) mass is 334 g/mol. The number of nitrogens with two attached hydrogens (primary N) is 1. The maximum atomic E-state index is 10.3. The molecule has 1 spiro atoms. The molecule has 1 aromatic carbocycles. The van der Waals surface area contributed by atoms with Crippen molar-refractivity contribution in [3.63, 3.8) is 0 Å². The minimum absolute atomic E-state index is 0.0372. The first-order valence-corrected chi connectivity index (χ1v) is 9.12. The first kappa shape index (κ1) is 17.7. The van der Waals surface area contributed by atoms with E-state index in [1.54, 1.807) is 0 Å². The molecular formula is C19H30N2O3. The van der Waals surface area contributed by atoms with Gasteiger partial charge in [-0.3, -0.25) is 4.90 Å². The number of piperidine rings is 1. The van der Waals surface area contributed by atoms with Crippen molar-refractivity contribution in [2.45, 2.75) is 44.9 Å². The number of aliphatic hydroxyl groups excluding tert-OH is 1. The fraction of sp³-hybridized carbons (Fsp3) is 0.684. The van der Waals surface area contributed by atoms with Crippen LogP contribution in [0.4, 0.5) is 0 Å². The number of nitrogens with zero attached hydrogens (tertiary/aromatic N) is 1. The smallest absolute Gasteiger partial charge is 0.119 e. The van der Waals surface area contributed by atoms with Crippen molar-refractivity contribution in [2.75, 3.05) is 32.8 Å². The maximum Gasteiger partial charge on any atom is 0.119 e. The number of rotatable bonds is 7. The molecule has 1 aliphatic carbocycles. The minimum Gasteiger partial charge on any atom is -0.494 e. The van der Waals surface area contributed by atoms with Gasteiger partial charge in [-0.1, -0.05) is 12.1 Å². The number of hydrogen-bond donors (Lipinski definition) is 2. The highest BCUT2D eigenvalue weighted by Gasteiger charge is 2.55. The third-order valence-electron chi connectivity index (χ3n) is 5.61. The Morgan fingerprint density at radius 3 is 2.54 bits per heavy atom. The van der Waals surface area contributed by atoms with Crippen LogP contribution < -0.4 is 10.5 Å². The molecule has 3 rings (SSSR count). The van der Waals surface area contributed by atoms with Crippen LogP contribution in [0.25, 0.3) is 0 Å². The van der Waals surface area contributed by atoms with Gasteiger partial charge in [-0.05, 0) is 50.6 Å². The lowest BCUT2D eigenvalue weighted by Gasteiger charge is -2.56. The summed E-state index contributed by atoms with van der Waals surface area (Å²) in [6.45, 7) is 6.80. The zero-order valence-corrected chi connectivity index (χ0v) is 14.6. The topological polar surface area (TPSA) is 68.0 Å². The number of aliphatic hydroxyl groups is 1. The van der Waals surface area contributed by atoms with E-state index in [0.29, 0.717) is 19.8 Å². The van der Waals surface area contributed by atoms with Crippen molar-refractivity contribution < 1.29 is 14.6 Å². The predicted molar refractivity (Wildman–Crippen MR) is 94.0 cm³/mol. The molecule has 2 unspecified atom stereocenters. The zero-order valence-electron chi connectivity index (χ0n) is 14.6. The Morgan fingerprint density at radius 2 is 1.96 bits per heavy atom. The van der Waals surface area contributed by atoms with E-state index in [0.717, 1.165) is 44.6 Å². The van der Waals surface area contributed by atoms with Gasteiger partial charge in [0.25, 0.3) is 0 Å². The van der Waals surface area contributed by atoms with Crippen LogP contribution in [0, 0.1) is 5.41 Å². The maximum absolute atomic E-state index is 10.3. The second-order valence-corrected chi connectivity index (χ2v) is 6.99. The van der Waals surface area contributed by atoms with E-state index in [-0.39, 0.29) is 17.6 Å². The van der Waals surface area contributed by atoms with Crippen molar-refractivity contribution >= 4 is 0 Å².